The second-order valence-electron chi connectivity index (χ2n) is 4.91. The van der Waals surface area contributed by atoms with E-state index in [4.69, 9.17) is 0 Å². The van der Waals surface area contributed by atoms with Crippen molar-refractivity contribution in [1.82, 2.24) is 4.72 Å². The molecule has 0 amide bonds. The van der Waals surface area contributed by atoms with Crippen LogP contribution in [0.25, 0.3) is 0 Å². The Labute approximate surface area is 118 Å². The summed E-state index contributed by atoms with van der Waals surface area (Å²) in [5.41, 5.74) is 0. The molecule has 1 fully saturated rings. The van der Waals surface area contributed by atoms with E-state index in [1.165, 1.54) is 0 Å². The van der Waals surface area contributed by atoms with Gasteiger partial charge in [0, 0.05) is 6.54 Å². The maximum atomic E-state index is 12.7. The Bertz CT molecular complexity index is 662. The molecule has 0 spiro atoms. The Balaban J connectivity index is 2.09. The highest BCUT2D eigenvalue weighted by molar-refractivity contribution is 7.89. The highest BCUT2D eigenvalue weighted by atomic mass is 32.3. The topological polar surface area (TPSA) is 80.3 Å². The van der Waals surface area contributed by atoms with Gasteiger partial charge in [0.05, 0.1) is 9.79 Å². The smallest absolute Gasteiger partial charge is 0.211 e. The van der Waals surface area contributed by atoms with Crippen LogP contribution in [0.4, 0.5) is 3.89 Å². The molecule has 112 valence electrons. The lowest BCUT2D eigenvalue weighted by atomic mass is 10.1. The number of rotatable bonds is 5. The van der Waals surface area contributed by atoms with Gasteiger partial charge in [-0.3, -0.25) is 0 Å². The van der Waals surface area contributed by atoms with Crippen LogP contribution in [0.5, 0.6) is 0 Å². The lowest BCUT2D eigenvalue weighted by Gasteiger charge is -2.11. The highest BCUT2D eigenvalue weighted by Gasteiger charge is 2.20. The summed E-state index contributed by atoms with van der Waals surface area (Å²) in [5.74, 6) is 0.357. The second-order valence-corrected chi connectivity index (χ2v) is 8.03. The fraction of sp³-hybridized carbons (Fsp3) is 0.500. The molecule has 5 nitrogen and oxygen atoms in total. The zero-order chi connectivity index (χ0) is 14.8. The minimum atomic E-state index is -4.81. The van der Waals surface area contributed by atoms with Crippen molar-refractivity contribution in [2.75, 3.05) is 6.54 Å². The number of benzene rings is 1. The number of hydrogen-bond donors (Lipinski definition) is 1. The first-order chi connectivity index (χ1) is 9.29. The molecule has 0 aliphatic heterocycles. The lowest BCUT2D eigenvalue weighted by molar-refractivity contribution is 0.519. The van der Waals surface area contributed by atoms with Crippen molar-refractivity contribution in [3.05, 3.63) is 24.3 Å². The number of halogens is 1. The maximum Gasteiger partial charge on any atom is 0.332 e. The van der Waals surface area contributed by atoms with Gasteiger partial charge in [-0.15, -0.1) is 3.89 Å². The van der Waals surface area contributed by atoms with E-state index in [-0.39, 0.29) is 4.90 Å². The van der Waals surface area contributed by atoms with Gasteiger partial charge in [-0.25, -0.2) is 13.1 Å². The fourth-order valence-corrected chi connectivity index (χ4v) is 3.88. The van der Waals surface area contributed by atoms with Crippen LogP contribution in [0.1, 0.15) is 25.7 Å². The summed E-state index contributed by atoms with van der Waals surface area (Å²) < 4.78 is 60.5. The van der Waals surface area contributed by atoms with Crippen molar-refractivity contribution in [2.45, 2.75) is 35.5 Å². The highest BCUT2D eigenvalue weighted by Crippen LogP contribution is 2.24. The van der Waals surface area contributed by atoms with E-state index in [0.29, 0.717) is 12.5 Å². The number of sulfonamides is 1. The quantitative estimate of drug-likeness (QED) is 0.839. The van der Waals surface area contributed by atoms with E-state index in [1.54, 1.807) is 0 Å². The Morgan fingerprint density at radius 2 is 1.50 bits per heavy atom. The van der Waals surface area contributed by atoms with Crippen LogP contribution in [0.15, 0.2) is 34.1 Å². The van der Waals surface area contributed by atoms with E-state index in [1.807, 2.05) is 0 Å². The molecule has 0 radical (unpaired) electrons. The maximum absolute atomic E-state index is 12.7. The number of nitrogens with one attached hydrogen (secondary N) is 1. The second kappa shape index (κ2) is 5.79. The first kappa shape index (κ1) is 15.4. The van der Waals surface area contributed by atoms with Gasteiger partial charge in [-0.2, -0.15) is 8.42 Å². The van der Waals surface area contributed by atoms with E-state index in [2.05, 4.69) is 4.72 Å². The summed E-state index contributed by atoms with van der Waals surface area (Å²) in [4.78, 5) is -0.616. The summed E-state index contributed by atoms with van der Waals surface area (Å²) in [6, 6.07) is 4.06. The fourth-order valence-electron chi connectivity index (χ4n) is 2.31. The van der Waals surface area contributed by atoms with Crippen molar-refractivity contribution >= 4 is 20.2 Å². The summed E-state index contributed by atoms with van der Waals surface area (Å²) >= 11 is 0. The molecule has 1 N–H and O–H groups in total. The van der Waals surface area contributed by atoms with Crippen molar-refractivity contribution in [3.63, 3.8) is 0 Å². The molecular formula is C12H16FNO4S2. The molecule has 0 atom stereocenters. The van der Waals surface area contributed by atoms with Crippen LogP contribution < -0.4 is 4.72 Å². The summed E-state index contributed by atoms with van der Waals surface area (Å²) in [7, 11) is -8.48. The van der Waals surface area contributed by atoms with E-state index in [0.717, 1.165) is 49.9 Å². The third-order valence-corrected chi connectivity index (χ3v) is 5.73. The summed E-state index contributed by atoms with van der Waals surface area (Å²) in [6.45, 7) is 0.380. The van der Waals surface area contributed by atoms with Crippen LogP contribution in [-0.4, -0.2) is 23.4 Å². The van der Waals surface area contributed by atoms with Crippen molar-refractivity contribution in [3.8, 4) is 0 Å². The van der Waals surface area contributed by atoms with Gasteiger partial charge in [0.25, 0.3) is 0 Å². The van der Waals surface area contributed by atoms with Crippen LogP contribution in [-0.2, 0) is 20.2 Å². The first-order valence-corrected chi connectivity index (χ1v) is 9.20. The molecule has 0 heterocycles. The zero-order valence-corrected chi connectivity index (χ0v) is 12.4. The zero-order valence-electron chi connectivity index (χ0n) is 10.7. The van der Waals surface area contributed by atoms with Gasteiger partial charge in [0.15, 0.2) is 0 Å². The molecule has 1 aliphatic carbocycles. The minimum Gasteiger partial charge on any atom is -0.211 e. The van der Waals surface area contributed by atoms with E-state index < -0.39 is 25.1 Å². The third kappa shape index (κ3) is 3.77. The Kier molecular flexibility index (Phi) is 4.46. The van der Waals surface area contributed by atoms with Gasteiger partial charge < -0.3 is 0 Å². The van der Waals surface area contributed by atoms with Crippen LogP contribution in [0.3, 0.4) is 0 Å². The van der Waals surface area contributed by atoms with Crippen molar-refractivity contribution < 1.29 is 20.7 Å². The average molecular weight is 321 g/mol. The van der Waals surface area contributed by atoms with Crippen molar-refractivity contribution in [2.24, 2.45) is 5.92 Å². The molecule has 2 rings (SSSR count). The Hall–Kier alpha value is -0.990. The van der Waals surface area contributed by atoms with Crippen LogP contribution >= 0.6 is 0 Å². The van der Waals surface area contributed by atoms with Gasteiger partial charge in [0.1, 0.15) is 0 Å². The predicted octanol–water partition coefficient (Wildman–Crippen LogP) is 1.81. The Morgan fingerprint density at radius 1 is 1.00 bits per heavy atom. The molecule has 1 aliphatic rings. The van der Waals surface area contributed by atoms with E-state index in [9.17, 15) is 20.7 Å². The monoisotopic (exact) mass is 321 g/mol. The molecule has 0 bridgehead atoms. The molecule has 0 aromatic heterocycles. The van der Waals surface area contributed by atoms with Gasteiger partial charge >= 0.3 is 10.2 Å². The summed E-state index contributed by atoms with van der Waals surface area (Å²) in [5, 5.41) is 0. The molecular weight excluding hydrogens is 305 g/mol. The molecule has 20 heavy (non-hydrogen) atoms. The largest absolute Gasteiger partial charge is 0.332 e. The lowest BCUT2D eigenvalue weighted by Crippen LogP contribution is -2.28. The summed E-state index contributed by atoms with van der Waals surface area (Å²) in [6.07, 6.45) is 4.27. The Morgan fingerprint density at radius 3 is 2.00 bits per heavy atom. The standard InChI is InChI=1S/C12H16FNO4S2/c13-19(15,16)11-5-7-12(8-6-11)20(17,18)14-9-10-3-1-2-4-10/h5-8,10,14H,1-4,9H2. The van der Waals surface area contributed by atoms with Gasteiger partial charge in [-0.1, -0.05) is 12.8 Å². The number of hydrogen-bond acceptors (Lipinski definition) is 4. The van der Waals surface area contributed by atoms with E-state index >= 15 is 0 Å². The van der Waals surface area contributed by atoms with Crippen LogP contribution in [0.2, 0.25) is 0 Å². The SMILES string of the molecule is O=S(=O)(F)c1ccc(S(=O)(=O)NCC2CCCC2)cc1. The first-order valence-electron chi connectivity index (χ1n) is 6.33. The average Bonchev–Trinajstić information content (AvgIpc) is 2.89. The molecule has 8 heteroatoms. The van der Waals surface area contributed by atoms with Crippen LogP contribution in [0, 0.1) is 5.92 Å². The molecule has 1 aromatic carbocycles. The van der Waals surface area contributed by atoms with Gasteiger partial charge in [0.2, 0.25) is 10.0 Å². The predicted molar refractivity (Wildman–Crippen MR) is 71.9 cm³/mol. The van der Waals surface area contributed by atoms with Crippen molar-refractivity contribution in [1.29, 1.82) is 0 Å². The minimum absolute atomic E-state index is 0.0668. The molecule has 0 unspecified atom stereocenters. The molecule has 1 aromatic rings. The normalized spacial score (nSPS) is 17.4. The van der Waals surface area contributed by atoms with Gasteiger partial charge in [-0.05, 0) is 43.0 Å². The third-order valence-electron chi connectivity index (χ3n) is 3.45. The molecule has 0 saturated heterocycles. The molecule has 1 saturated carbocycles.